The Kier molecular flexibility index (Phi) is 15.4. The molecule has 1 aromatic rings. The first kappa shape index (κ1) is 17.6. The van der Waals surface area contributed by atoms with Crippen LogP contribution >= 0.6 is 23.2 Å². The number of carbonyl (C=O) groups excluding carboxylic acids is 2. The third-order valence-electron chi connectivity index (χ3n) is 1.38. The van der Waals surface area contributed by atoms with E-state index in [1.807, 2.05) is 36.4 Å². The molecule has 1 rings (SSSR count). The molecule has 0 saturated carbocycles. The summed E-state index contributed by atoms with van der Waals surface area (Å²) in [7, 11) is 0. The molecule has 2 nitrogen and oxygen atoms in total. The minimum atomic E-state index is -0.474. The van der Waals surface area contributed by atoms with Gasteiger partial charge in [0.1, 0.15) is 0 Å². The van der Waals surface area contributed by atoms with Crippen molar-refractivity contribution >= 4 is 33.7 Å². The summed E-state index contributed by atoms with van der Waals surface area (Å²) in [6, 6.07) is 12.0. The Morgan fingerprint density at radius 1 is 1.00 bits per heavy atom. The minimum Gasteiger partial charge on any atom is -0.276 e. The van der Waals surface area contributed by atoms with E-state index in [0.717, 1.165) is 0 Å². The Balaban J connectivity index is 0. The Morgan fingerprint density at radius 3 is 1.63 bits per heavy atom. The second-order valence-corrected chi connectivity index (χ2v) is 3.70. The number of rotatable bonds is 3. The monoisotopic (exact) mass is 302 g/mol. The summed E-state index contributed by atoms with van der Waals surface area (Å²) in [5.74, 6) is 0. The summed E-state index contributed by atoms with van der Waals surface area (Å²) < 4.78 is 6.64. The molecule has 4 heteroatoms. The molecule has 1 aromatic carbocycles. The number of benzene rings is 1. The molecular formula is C15H18Cl2O2. The fourth-order valence-electron chi connectivity index (χ4n) is 0.692. The minimum absolute atomic E-state index is 0.306. The van der Waals surface area contributed by atoms with Gasteiger partial charge in [-0.15, -0.1) is 0 Å². The van der Waals surface area contributed by atoms with Crippen LogP contribution < -0.4 is 0 Å². The van der Waals surface area contributed by atoms with Gasteiger partial charge in [0, 0.05) is 1.37 Å². The van der Waals surface area contributed by atoms with E-state index in [-0.39, 0.29) is 0 Å². The quantitative estimate of drug-likeness (QED) is 0.597. The molecule has 0 spiro atoms. The van der Waals surface area contributed by atoms with Crippen LogP contribution in [0.4, 0.5) is 0 Å². The Labute approximate surface area is 126 Å². The lowest BCUT2D eigenvalue weighted by atomic mass is 10.4. The maximum atomic E-state index is 9.94. The zero-order valence-electron chi connectivity index (χ0n) is 11.8. The van der Waals surface area contributed by atoms with Crippen molar-refractivity contribution < 1.29 is 11.0 Å². The Bertz CT molecular complexity index is 377. The van der Waals surface area contributed by atoms with Crippen molar-refractivity contribution in [2.45, 2.75) is 20.2 Å². The molecule has 0 aliphatic rings. The molecule has 0 aromatic heterocycles. The average Bonchev–Trinajstić information content (AvgIpc) is 2.42. The van der Waals surface area contributed by atoms with Gasteiger partial charge in [0.25, 0.3) is 0 Å². The van der Waals surface area contributed by atoms with Crippen LogP contribution in [0.2, 0.25) is 0 Å². The van der Waals surface area contributed by atoms with Crippen LogP contribution in [0.3, 0.4) is 0 Å². The number of hydrogen-bond acceptors (Lipinski definition) is 2. The van der Waals surface area contributed by atoms with Gasteiger partial charge in [-0.2, -0.15) is 0 Å². The van der Waals surface area contributed by atoms with Crippen LogP contribution in [0.25, 0.3) is 0 Å². The predicted octanol–water partition coefficient (Wildman–Crippen LogP) is 4.73. The maximum absolute atomic E-state index is 9.94. The molecule has 0 atom stereocenters. The van der Waals surface area contributed by atoms with Crippen LogP contribution in [-0.2, 0) is 9.59 Å². The van der Waals surface area contributed by atoms with Crippen molar-refractivity contribution in [2.75, 3.05) is 0 Å². The van der Waals surface area contributed by atoms with Gasteiger partial charge >= 0.3 is 0 Å². The van der Waals surface area contributed by atoms with Crippen molar-refractivity contribution in [1.29, 1.82) is 0 Å². The number of halogens is 2. The first-order chi connectivity index (χ1) is 9.54. The summed E-state index contributed by atoms with van der Waals surface area (Å²) in [5, 5.41) is -0.893. The van der Waals surface area contributed by atoms with E-state index in [2.05, 4.69) is 0 Å². The molecule has 0 bridgehead atoms. The molecular weight excluding hydrogens is 283 g/mol. The second kappa shape index (κ2) is 16.6. The summed E-state index contributed by atoms with van der Waals surface area (Å²) in [4.78, 5) is 19.7. The Hall–Kier alpha value is -1.38. The maximum Gasteiger partial charge on any atom is 0.244 e. The van der Waals surface area contributed by atoms with E-state index in [4.69, 9.17) is 24.6 Å². The molecule has 19 heavy (non-hydrogen) atoms. The highest BCUT2D eigenvalue weighted by molar-refractivity contribution is 6.66. The lowest BCUT2D eigenvalue weighted by Gasteiger charge is -1.71. The Morgan fingerprint density at radius 2 is 1.42 bits per heavy atom. The van der Waals surface area contributed by atoms with Crippen LogP contribution in [0.5, 0.6) is 0 Å². The highest BCUT2D eigenvalue weighted by atomic mass is 35.5. The second-order valence-electron chi connectivity index (χ2n) is 2.95. The number of hydrogen-bond donors (Lipinski definition) is 0. The normalized spacial score (nSPS) is 9.95. The topological polar surface area (TPSA) is 34.1 Å². The summed E-state index contributed by atoms with van der Waals surface area (Å²) >= 11 is 9.78. The van der Waals surface area contributed by atoms with E-state index < -0.39 is 10.5 Å². The zero-order chi connectivity index (χ0) is 15.6. The number of allylic oxidation sites excluding steroid dienone is 4. The van der Waals surface area contributed by atoms with Gasteiger partial charge in [0.05, 0.1) is 0 Å². The van der Waals surface area contributed by atoms with Gasteiger partial charge in [-0.1, -0.05) is 55.5 Å². The van der Waals surface area contributed by atoms with Crippen molar-refractivity contribution in [3.05, 3.63) is 60.7 Å². The van der Waals surface area contributed by atoms with Crippen LogP contribution in [0.15, 0.2) is 60.7 Å². The third-order valence-corrected chi connectivity index (χ3v) is 1.63. The van der Waals surface area contributed by atoms with Gasteiger partial charge in [0.15, 0.2) is 0 Å². The van der Waals surface area contributed by atoms with Crippen LogP contribution in [0, 0.1) is 0 Å². The van der Waals surface area contributed by atoms with E-state index in [9.17, 15) is 9.59 Å². The van der Waals surface area contributed by atoms with Gasteiger partial charge < -0.3 is 0 Å². The molecule has 0 heterocycles. The van der Waals surface area contributed by atoms with Gasteiger partial charge in [-0.25, -0.2) is 0 Å². The van der Waals surface area contributed by atoms with E-state index >= 15 is 0 Å². The third kappa shape index (κ3) is 26.3. The van der Waals surface area contributed by atoms with Gasteiger partial charge in [0.2, 0.25) is 10.5 Å². The average molecular weight is 303 g/mol. The van der Waals surface area contributed by atoms with E-state index in [1.165, 1.54) is 12.2 Å². The highest BCUT2D eigenvalue weighted by Gasteiger charge is 1.79. The molecule has 0 aliphatic carbocycles. The summed E-state index contributed by atoms with van der Waals surface area (Å²) in [5.41, 5.74) is 0. The molecule has 0 amide bonds. The lowest BCUT2D eigenvalue weighted by molar-refractivity contribution is -0.108. The largest absolute Gasteiger partial charge is 0.276 e. The number of carbonyl (C=O) groups is 2. The summed E-state index contributed by atoms with van der Waals surface area (Å²) in [6.07, 6.45) is 6.33. The fourth-order valence-corrected chi connectivity index (χ4v) is 0.907. The fraction of sp³-hybridized carbons (Fsp3) is 0.200. The smallest absolute Gasteiger partial charge is 0.244 e. The van der Waals surface area contributed by atoms with Crippen LogP contribution in [-0.4, -0.2) is 10.5 Å². The lowest BCUT2D eigenvalue weighted by Crippen LogP contribution is -1.72. The first-order valence-electron chi connectivity index (χ1n) is 6.22. The highest BCUT2D eigenvalue weighted by Crippen LogP contribution is 1.84. The molecule has 0 N–H and O–H groups in total. The molecule has 0 aliphatic heterocycles. The van der Waals surface area contributed by atoms with Crippen molar-refractivity contribution in [1.82, 2.24) is 0 Å². The molecule has 0 fully saturated rings. The van der Waals surface area contributed by atoms with Crippen molar-refractivity contribution in [3.8, 4) is 0 Å². The predicted molar refractivity (Wildman–Crippen MR) is 82.4 cm³/mol. The van der Waals surface area contributed by atoms with Crippen LogP contribution in [0.1, 0.15) is 21.6 Å². The molecule has 0 radical (unpaired) electrons. The summed E-state index contributed by atoms with van der Waals surface area (Å²) in [6.45, 7) is 2.04. The van der Waals surface area contributed by atoms with Gasteiger partial charge in [-0.05, 0) is 48.7 Å². The molecule has 104 valence electrons. The SMILES string of the molecule is CC=CC(=O)Cl.[3H]CCC=CC(=O)Cl.c1ccccc1. The first-order valence-corrected chi connectivity index (χ1v) is 6.27. The zero-order valence-corrected chi connectivity index (χ0v) is 12.3. The van der Waals surface area contributed by atoms with Gasteiger partial charge in [-0.3, -0.25) is 9.59 Å². The van der Waals surface area contributed by atoms with Crippen molar-refractivity contribution in [3.63, 3.8) is 0 Å². The van der Waals surface area contributed by atoms with E-state index in [0.29, 0.717) is 13.3 Å². The molecule has 0 saturated heterocycles. The van der Waals surface area contributed by atoms with E-state index in [1.54, 1.807) is 19.1 Å². The molecule has 0 unspecified atom stereocenters. The standard InChI is InChI=1S/C6H6.C5H7ClO.C4H5ClO/c1-2-4-6-5-3-1;1-2-3-4-5(6)7;1-2-3-4(5)6/h1-6H;3-4H,2H2,1H3;2-3H,1H3/i;1T;. The van der Waals surface area contributed by atoms with Crippen molar-refractivity contribution in [2.24, 2.45) is 0 Å².